The fraction of sp³-hybridized carbons (Fsp3) is 0.476. The standard InChI is InChI=1S/C21H25N5O4S3/c1-3-29-18(28)8-15-11-32-20(22-15)23-17(27)12-33-21-25-24-19(14-7-13(2)31-10-14)26(21)9-16-5-4-6-30-16/h7,10-11,16H,3-6,8-9,12H2,1-2H3,(H,22,23,27). The molecule has 1 atom stereocenters. The van der Waals surface area contributed by atoms with Crippen LogP contribution in [-0.2, 0) is 32.0 Å². The summed E-state index contributed by atoms with van der Waals surface area (Å²) in [6.45, 7) is 5.58. The molecule has 1 aliphatic heterocycles. The first kappa shape index (κ1) is 23.9. The number of thiophene rings is 1. The maximum absolute atomic E-state index is 12.5. The van der Waals surface area contributed by atoms with Crippen molar-refractivity contribution >= 4 is 51.4 Å². The van der Waals surface area contributed by atoms with Crippen LogP contribution in [0.5, 0.6) is 0 Å². The summed E-state index contributed by atoms with van der Waals surface area (Å²) in [5, 5.41) is 16.5. The SMILES string of the molecule is CCOC(=O)Cc1csc(NC(=O)CSc2nnc(-c3csc(C)c3)n2CC2CCCO2)n1. The van der Waals surface area contributed by atoms with Crippen molar-refractivity contribution in [2.24, 2.45) is 0 Å². The quantitative estimate of drug-likeness (QED) is 0.326. The molecule has 4 rings (SSSR count). The van der Waals surface area contributed by atoms with Gasteiger partial charge in [0.25, 0.3) is 0 Å². The van der Waals surface area contributed by atoms with E-state index in [1.54, 1.807) is 23.6 Å². The molecule has 1 amide bonds. The van der Waals surface area contributed by atoms with Crippen molar-refractivity contribution in [3.05, 3.63) is 27.4 Å². The van der Waals surface area contributed by atoms with Gasteiger partial charge in [-0.1, -0.05) is 11.8 Å². The van der Waals surface area contributed by atoms with E-state index in [2.05, 4.69) is 43.4 Å². The van der Waals surface area contributed by atoms with E-state index in [0.29, 0.717) is 29.1 Å². The van der Waals surface area contributed by atoms with Crippen LogP contribution >= 0.6 is 34.4 Å². The van der Waals surface area contributed by atoms with Crippen molar-refractivity contribution in [1.82, 2.24) is 19.7 Å². The van der Waals surface area contributed by atoms with E-state index >= 15 is 0 Å². The highest BCUT2D eigenvalue weighted by atomic mass is 32.2. The second-order valence-corrected chi connectivity index (χ2v) is 10.4. The summed E-state index contributed by atoms with van der Waals surface area (Å²) in [4.78, 5) is 29.6. The molecular weight excluding hydrogens is 482 g/mol. The van der Waals surface area contributed by atoms with Crippen molar-refractivity contribution < 1.29 is 19.1 Å². The van der Waals surface area contributed by atoms with Crippen LogP contribution in [0, 0.1) is 6.92 Å². The average molecular weight is 508 g/mol. The van der Waals surface area contributed by atoms with Crippen molar-refractivity contribution in [1.29, 1.82) is 0 Å². The van der Waals surface area contributed by atoms with Crippen LogP contribution in [0.25, 0.3) is 11.4 Å². The van der Waals surface area contributed by atoms with Crippen LogP contribution < -0.4 is 5.32 Å². The number of ether oxygens (including phenoxy) is 2. The lowest BCUT2D eigenvalue weighted by atomic mass is 10.2. The number of hydrogen-bond acceptors (Lipinski definition) is 10. The minimum atomic E-state index is -0.335. The highest BCUT2D eigenvalue weighted by Gasteiger charge is 2.23. The monoisotopic (exact) mass is 507 g/mol. The summed E-state index contributed by atoms with van der Waals surface area (Å²) in [6.07, 6.45) is 2.27. The zero-order valence-electron chi connectivity index (χ0n) is 18.4. The van der Waals surface area contributed by atoms with Gasteiger partial charge >= 0.3 is 5.97 Å². The molecule has 1 saturated heterocycles. The number of nitrogens with one attached hydrogen (secondary N) is 1. The minimum absolute atomic E-state index is 0.0894. The molecule has 0 aliphatic carbocycles. The third-order valence-corrected chi connectivity index (χ3v) is 7.51. The topological polar surface area (TPSA) is 108 Å². The van der Waals surface area contributed by atoms with Crippen LogP contribution in [0.1, 0.15) is 30.3 Å². The van der Waals surface area contributed by atoms with Gasteiger partial charge < -0.3 is 14.8 Å². The molecule has 0 saturated carbocycles. The molecular formula is C21H25N5O4S3. The van der Waals surface area contributed by atoms with Gasteiger partial charge in [0.15, 0.2) is 16.1 Å². The van der Waals surface area contributed by atoms with Crippen LogP contribution in [0.3, 0.4) is 0 Å². The van der Waals surface area contributed by atoms with Crippen molar-refractivity contribution in [3.8, 4) is 11.4 Å². The van der Waals surface area contributed by atoms with Gasteiger partial charge in [-0.25, -0.2) is 4.98 Å². The van der Waals surface area contributed by atoms with E-state index in [1.165, 1.54) is 28.0 Å². The number of rotatable bonds is 10. The molecule has 3 aromatic heterocycles. The highest BCUT2D eigenvalue weighted by Crippen LogP contribution is 2.29. The number of anilines is 1. The average Bonchev–Trinajstić information content (AvgIpc) is 3.57. The fourth-order valence-electron chi connectivity index (χ4n) is 3.42. The van der Waals surface area contributed by atoms with Gasteiger partial charge in [-0.2, -0.15) is 0 Å². The lowest BCUT2D eigenvalue weighted by molar-refractivity contribution is -0.142. The number of thioether (sulfide) groups is 1. The fourth-order valence-corrected chi connectivity index (χ4v) is 5.57. The molecule has 33 heavy (non-hydrogen) atoms. The molecule has 3 aromatic rings. The number of carbonyl (C=O) groups excluding carboxylic acids is 2. The summed E-state index contributed by atoms with van der Waals surface area (Å²) in [5.41, 5.74) is 1.60. The molecule has 4 heterocycles. The van der Waals surface area contributed by atoms with Gasteiger partial charge in [0.2, 0.25) is 5.91 Å². The Hall–Kier alpha value is -2.28. The number of hydrogen-bond donors (Lipinski definition) is 1. The summed E-state index contributed by atoms with van der Waals surface area (Å²) in [6, 6.07) is 2.10. The van der Waals surface area contributed by atoms with Crippen molar-refractivity contribution in [3.63, 3.8) is 0 Å². The summed E-state index contributed by atoms with van der Waals surface area (Å²) >= 11 is 4.28. The Labute approximate surface area is 203 Å². The normalized spacial score (nSPS) is 15.6. The Balaban J connectivity index is 1.39. The Morgan fingerprint density at radius 1 is 1.33 bits per heavy atom. The second kappa shape index (κ2) is 11.2. The number of esters is 1. The molecule has 0 spiro atoms. The van der Waals surface area contributed by atoms with E-state index in [9.17, 15) is 9.59 Å². The zero-order chi connectivity index (χ0) is 23.2. The third-order valence-electron chi connectivity index (χ3n) is 4.88. The van der Waals surface area contributed by atoms with E-state index in [4.69, 9.17) is 9.47 Å². The Bertz CT molecular complexity index is 1100. The van der Waals surface area contributed by atoms with Crippen LogP contribution in [0.2, 0.25) is 0 Å². The summed E-state index contributed by atoms with van der Waals surface area (Å²) < 4.78 is 12.8. The predicted molar refractivity (Wildman–Crippen MR) is 129 cm³/mol. The van der Waals surface area contributed by atoms with Crippen molar-refractivity contribution in [2.75, 3.05) is 24.3 Å². The first-order chi connectivity index (χ1) is 16.0. The summed E-state index contributed by atoms with van der Waals surface area (Å²) in [5.74, 6) is 0.426. The third kappa shape index (κ3) is 6.40. The molecule has 1 aliphatic rings. The van der Waals surface area contributed by atoms with Gasteiger partial charge in [-0.15, -0.1) is 32.9 Å². The van der Waals surface area contributed by atoms with Gasteiger partial charge in [-0.05, 0) is 32.8 Å². The van der Waals surface area contributed by atoms with Gasteiger partial charge in [0.1, 0.15) is 0 Å². The van der Waals surface area contributed by atoms with E-state index < -0.39 is 0 Å². The number of carbonyl (C=O) groups is 2. The first-order valence-electron chi connectivity index (χ1n) is 10.6. The Morgan fingerprint density at radius 2 is 2.21 bits per heavy atom. The molecule has 9 nitrogen and oxygen atoms in total. The Morgan fingerprint density at radius 3 is 2.94 bits per heavy atom. The lowest BCUT2D eigenvalue weighted by Gasteiger charge is -2.14. The lowest BCUT2D eigenvalue weighted by Crippen LogP contribution is -2.18. The van der Waals surface area contributed by atoms with Gasteiger partial charge in [0.05, 0.1) is 37.1 Å². The van der Waals surface area contributed by atoms with Gasteiger partial charge in [-0.3, -0.25) is 14.2 Å². The number of aromatic nitrogens is 4. The molecule has 1 fully saturated rings. The predicted octanol–water partition coefficient (Wildman–Crippen LogP) is 3.79. The number of amides is 1. The maximum atomic E-state index is 12.5. The molecule has 0 radical (unpaired) electrons. The van der Waals surface area contributed by atoms with Crippen LogP contribution in [0.4, 0.5) is 5.13 Å². The van der Waals surface area contributed by atoms with Crippen molar-refractivity contribution in [2.45, 2.75) is 50.9 Å². The summed E-state index contributed by atoms with van der Waals surface area (Å²) in [7, 11) is 0. The maximum Gasteiger partial charge on any atom is 0.311 e. The van der Waals surface area contributed by atoms with E-state index in [0.717, 1.165) is 30.8 Å². The molecule has 12 heteroatoms. The van der Waals surface area contributed by atoms with Crippen LogP contribution in [-0.4, -0.2) is 56.7 Å². The van der Waals surface area contributed by atoms with E-state index in [-0.39, 0.29) is 30.2 Å². The molecule has 0 aromatic carbocycles. The van der Waals surface area contributed by atoms with E-state index in [1.807, 2.05) is 0 Å². The number of nitrogens with zero attached hydrogens (tertiary/aromatic N) is 4. The Kier molecular flexibility index (Phi) is 8.12. The van der Waals surface area contributed by atoms with Gasteiger partial charge in [0, 0.05) is 27.8 Å². The second-order valence-electron chi connectivity index (χ2n) is 7.46. The highest BCUT2D eigenvalue weighted by molar-refractivity contribution is 7.99. The molecule has 0 bridgehead atoms. The number of thiazole rings is 1. The van der Waals surface area contributed by atoms with Crippen LogP contribution in [0.15, 0.2) is 22.0 Å². The molecule has 1 N–H and O–H groups in total. The first-order valence-corrected chi connectivity index (χ1v) is 13.4. The largest absolute Gasteiger partial charge is 0.466 e. The molecule has 1 unspecified atom stereocenters. The number of aryl methyl sites for hydroxylation is 1. The molecule has 176 valence electrons. The zero-order valence-corrected chi connectivity index (χ0v) is 20.9. The minimum Gasteiger partial charge on any atom is -0.466 e. The smallest absolute Gasteiger partial charge is 0.311 e.